The summed E-state index contributed by atoms with van der Waals surface area (Å²) in [6.07, 6.45) is 6.26. The zero-order valence-electron chi connectivity index (χ0n) is 13.2. The lowest BCUT2D eigenvalue weighted by Gasteiger charge is -2.15. The zero-order valence-corrected chi connectivity index (χ0v) is 14.1. The summed E-state index contributed by atoms with van der Waals surface area (Å²) in [5.74, 6) is 0.837. The summed E-state index contributed by atoms with van der Waals surface area (Å²) in [6, 6.07) is 9.97. The molecule has 0 aliphatic heterocycles. The van der Waals surface area contributed by atoms with Gasteiger partial charge in [0.2, 0.25) is 5.91 Å². The molecule has 1 aliphatic carbocycles. The highest BCUT2D eigenvalue weighted by atomic mass is 35.5. The van der Waals surface area contributed by atoms with Crippen LogP contribution in [0.15, 0.2) is 42.7 Å². The molecule has 0 saturated heterocycles. The molecule has 1 aliphatic rings. The van der Waals surface area contributed by atoms with Crippen molar-refractivity contribution in [3.05, 3.63) is 48.3 Å². The van der Waals surface area contributed by atoms with Gasteiger partial charge in [0.25, 0.3) is 0 Å². The maximum absolute atomic E-state index is 11.9. The Balaban J connectivity index is 0.00000192. The molecule has 5 nitrogen and oxygen atoms in total. The van der Waals surface area contributed by atoms with E-state index in [9.17, 15) is 4.79 Å². The SMILES string of the molecule is CC(NC(=O)CNCC1CC1)c1ccc(-n2cccn2)cc1.Cl. The van der Waals surface area contributed by atoms with Crippen molar-refractivity contribution in [2.75, 3.05) is 13.1 Å². The van der Waals surface area contributed by atoms with Gasteiger partial charge in [-0.3, -0.25) is 4.79 Å². The van der Waals surface area contributed by atoms with Gasteiger partial charge in [0.1, 0.15) is 0 Å². The van der Waals surface area contributed by atoms with Gasteiger partial charge >= 0.3 is 0 Å². The molecule has 1 aromatic heterocycles. The van der Waals surface area contributed by atoms with Gasteiger partial charge < -0.3 is 10.6 Å². The van der Waals surface area contributed by atoms with Crippen molar-refractivity contribution in [3.63, 3.8) is 0 Å². The summed E-state index contributed by atoms with van der Waals surface area (Å²) in [7, 11) is 0. The Hall–Kier alpha value is -1.85. The lowest BCUT2D eigenvalue weighted by molar-refractivity contribution is -0.120. The molecular formula is C17H23ClN4O. The van der Waals surface area contributed by atoms with Gasteiger partial charge in [0.15, 0.2) is 0 Å². The normalized spacial score (nSPS) is 14.8. The number of benzene rings is 1. The van der Waals surface area contributed by atoms with E-state index >= 15 is 0 Å². The van der Waals surface area contributed by atoms with Crippen LogP contribution in [-0.4, -0.2) is 28.8 Å². The quantitative estimate of drug-likeness (QED) is 0.817. The predicted molar refractivity (Wildman–Crippen MR) is 93.0 cm³/mol. The van der Waals surface area contributed by atoms with Gasteiger partial charge in [-0.2, -0.15) is 5.10 Å². The lowest BCUT2D eigenvalue weighted by atomic mass is 10.1. The average Bonchev–Trinajstić information content (AvgIpc) is 3.18. The molecule has 1 fully saturated rings. The van der Waals surface area contributed by atoms with Crippen molar-refractivity contribution in [1.82, 2.24) is 20.4 Å². The van der Waals surface area contributed by atoms with E-state index in [0.29, 0.717) is 6.54 Å². The monoisotopic (exact) mass is 334 g/mol. The smallest absolute Gasteiger partial charge is 0.234 e. The molecule has 1 unspecified atom stereocenters. The van der Waals surface area contributed by atoms with E-state index in [1.165, 1.54) is 12.8 Å². The Labute approximate surface area is 142 Å². The summed E-state index contributed by atoms with van der Waals surface area (Å²) < 4.78 is 1.81. The number of hydrogen-bond acceptors (Lipinski definition) is 3. The third-order valence-corrected chi connectivity index (χ3v) is 3.96. The molecule has 3 rings (SSSR count). The summed E-state index contributed by atoms with van der Waals surface area (Å²) in [5, 5.41) is 10.4. The van der Waals surface area contributed by atoms with Gasteiger partial charge in [0, 0.05) is 12.4 Å². The first kappa shape index (κ1) is 17.5. The summed E-state index contributed by atoms with van der Waals surface area (Å²) in [5.41, 5.74) is 2.10. The van der Waals surface area contributed by atoms with E-state index in [1.54, 1.807) is 6.20 Å². The highest BCUT2D eigenvalue weighted by molar-refractivity contribution is 5.85. The maximum atomic E-state index is 11.9. The summed E-state index contributed by atoms with van der Waals surface area (Å²) >= 11 is 0. The van der Waals surface area contributed by atoms with Crippen LogP contribution >= 0.6 is 12.4 Å². The molecular weight excluding hydrogens is 312 g/mol. The van der Waals surface area contributed by atoms with E-state index in [2.05, 4.69) is 15.7 Å². The van der Waals surface area contributed by atoms with Crippen molar-refractivity contribution < 1.29 is 4.79 Å². The number of nitrogens with zero attached hydrogens (tertiary/aromatic N) is 2. The van der Waals surface area contributed by atoms with Crippen molar-refractivity contribution in [1.29, 1.82) is 0 Å². The van der Waals surface area contributed by atoms with Crippen LogP contribution < -0.4 is 10.6 Å². The number of rotatable bonds is 7. The second-order valence-corrected chi connectivity index (χ2v) is 5.91. The van der Waals surface area contributed by atoms with Gasteiger partial charge in [-0.1, -0.05) is 12.1 Å². The van der Waals surface area contributed by atoms with Crippen LogP contribution in [0.4, 0.5) is 0 Å². The van der Waals surface area contributed by atoms with Gasteiger partial charge in [-0.25, -0.2) is 4.68 Å². The highest BCUT2D eigenvalue weighted by Crippen LogP contribution is 2.27. The minimum Gasteiger partial charge on any atom is -0.348 e. The second-order valence-electron chi connectivity index (χ2n) is 5.91. The number of aromatic nitrogens is 2. The zero-order chi connectivity index (χ0) is 15.4. The summed E-state index contributed by atoms with van der Waals surface area (Å²) in [6.45, 7) is 3.36. The Morgan fingerprint density at radius 1 is 1.35 bits per heavy atom. The first-order chi connectivity index (χ1) is 10.7. The number of carbonyl (C=O) groups excluding carboxylic acids is 1. The lowest BCUT2D eigenvalue weighted by Crippen LogP contribution is -2.36. The largest absolute Gasteiger partial charge is 0.348 e. The number of amides is 1. The molecule has 1 atom stereocenters. The van der Waals surface area contributed by atoms with Crippen LogP contribution in [0.25, 0.3) is 5.69 Å². The Kier molecular flexibility index (Phi) is 6.19. The van der Waals surface area contributed by atoms with Crippen LogP contribution in [0.2, 0.25) is 0 Å². The fourth-order valence-corrected chi connectivity index (χ4v) is 2.42. The van der Waals surface area contributed by atoms with Gasteiger partial charge in [0.05, 0.1) is 18.3 Å². The van der Waals surface area contributed by atoms with E-state index in [-0.39, 0.29) is 24.4 Å². The predicted octanol–water partition coefficient (Wildman–Crippen LogP) is 2.47. The third-order valence-electron chi connectivity index (χ3n) is 3.96. The molecule has 6 heteroatoms. The highest BCUT2D eigenvalue weighted by Gasteiger charge is 2.20. The van der Waals surface area contributed by atoms with Gasteiger partial charge in [-0.15, -0.1) is 12.4 Å². The molecule has 1 saturated carbocycles. The van der Waals surface area contributed by atoms with Crippen molar-refractivity contribution in [3.8, 4) is 5.69 Å². The van der Waals surface area contributed by atoms with Crippen molar-refractivity contribution in [2.45, 2.75) is 25.8 Å². The van der Waals surface area contributed by atoms with E-state index in [4.69, 9.17) is 0 Å². The molecule has 1 aromatic carbocycles. The Morgan fingerprint density at radius 3 is 2.70 bits per heavy atom. The molecule has 1 heterocycles. The minimum atomic E-state index is 0. The Morgan fingerprint density at radius 2 is 2.09 bits per heavy atom. The van der Waals surface area contributed by atoms with E-state index in [1.807, 2.05) is 48.1 Å². The van der Waals surface area contributed by atoms with E-state index < -0.39 is 0 Å². The maximum Gasteiger partial charge on any atom is 0.234 e. The molecule has 2 aromatic rings. The Bertz CT molecular complexity index is 608. The summed E-state index contributed by atoms with van der Waals surface area (Å²) in [4.78, 5) is 11.9. The molecule has 23 heavy (non-hydrogen) atoms. The first-order valence-electron chi connectivity index (χ1n) is 7.82. The second kappa shape index (κ2) is 8.13. The molecule has 1 amide bonds. The fourth-order valence-electron chi connectivity index (χ4n) is 2.42. The van der Waals surface area contributed by atoms with Crippen LogP contribution in [0.1, 0.15) is 31.4 Å². The molecule has 0 bridgehead atoms. The average molecular weight is 335 g/mol. The molecule has 0 radical (unpaired) electrons. The van der Waals surface area contributed by atoms with Crippen molar-refractivity contribution in [2.24, 2.45) is 5.92 Å². The number of halogens is 1. The van der Waals surface area contributed by atoms with Crippen LogP contribution in [0.5, 0.6) is 0 Å². The number of carbonyl (C=O) groups is 1. The van der Waals surface area contributed by atoms with Crippen molar-refractivity contribution >= 4 is 18.3 Å². The van der Waals surface area contributed by atoms with Crippen LogP contribution in [0, 0.1) is 5.92 Å². The third kappa shape index (κ3) is 5.08. The van der Waals surface area contributed by atoms with Crippen LogP contribution in [-0.2, 0) is 4.79 Å². The topological polar surface area (TPSA) is 59.0 Å². The van der Waals surface area contributed by atoms with Crippen LogP contribution in [0.3, 0.4) is 0 Å². The van der Waals surface area contributed by atoms with E-state index in [0.717, 1.165) is 23.7 Å². The number of hydrogen-bond donors (Lipinski definition) is 2. The molecule has 0 spiro atoms. The first-order valence-corrected chi connectivity index (χ1v) is 7.82. The fraction of sp³-hybridized carbons (Fsp3) is 0.412. The standard InChI is InChI=1S/C17H22N4O.ClH/c1-13(20-17(22)12-18-11-14-3-4-14)15-5-7-16(8-6-15)21-10-2-9-19-21;/h2,5-10,13-14,18H,3-4,11-12H2,1H3,(H,20,22);1H. The number of nitrogens with one attached hydrogen (secondary N) is 2. The minimum absolute atomic E-state index is 0. The molecule has 2 N–H and O–H groups in total. The molecule has 124 valence electrons. The van der Waals surface area contributed by atoms with Gasteiger partial charge in [-0.05, 0) is 56.0 Å².